The molecule has 0 radical (unpaired) electrons. The van der Waals surface area contributed by atoms with E-state index in [1.807, 2.05) is 38.4 Å². The number of benzene rings is 1. The normalized spacial score (nSPS) is 15.1. The highest BCUT2D eigenvalue weighted by Crippen LogP contribution is 2.38. The number of piperidine rings is 1. The lowest BCUT2D eigenvalue weighted by atomic mass is 9.97. The van der Waals surface area contributed by atoms with Crippen molar-refractivity contribution >= 4 is 36.5 Å². The van der Waals surface area contributed by atoms with Crippen LogP contribution in [0.1, 0.15) is 49.8 Å². The predicted molar refractivity (Wildman–Crippen MR) is 161 cm³/mol. The molecule has 1 N–H and O–H groups in total. The van der Waals surface area contributed by atoms with Gasteiger partial charge in [-0.05, 0) is 68.1 Å². The highest BCUT2D eigenvalue weighted by molar-refractivity contribution is 6.74. The second kappa shape index (κ2) is 10.8. The van der Waals surface area contributed by atoms with Gasteiger partial charge in [-0.15, -0.1) is 0 Å². The summed E-state index contributed by atoms with van der Waals surface area (Å²) < 4.78 is 14.0. The lowest BCUT2D eigenvalue weighted by molar-refractivity contribution is 0.102. The smallest absolute Gasteiger partial charge is 0.277 e. The molecule has 0 spiro atoms. The van der Waals surface area contributed by atoms with E-state index in [-0.39, 0.29) is 16.6 Å². The molecule has 40 heavy (non-hydrogen) atoms. The highest BCUT2D eigenvalue weighted by atomic mass is 28.4. The van der Waals surface area contributed by atoms with Crippen molar-refractivity contribution in [3.63, 3.8) is 0 Å². The second-order valence-corrected chi connectivity index (χ2v) is 17.2. The first-order chi connectivity index (χ1) is 18.9. The molecule has 4 heterocycles. The van der Waals surface area contributed by atoms with Crippen LogP contribution in [-0.4, -0.2) is 53.7 Å². The first-order valence-electron chi connectivity index (χ1n) is 14.0. The van der Waals surface area contributed by atoms with Crippen molar-refractivity contribution in [2.75, 3.05) is 29.9 Å². The van der Waals surface area contributed by atoms with Crippen LogP contribution in [0.4, 0.5) is 11.4 Å². The molecule has 1 fully saturated rings. The number of hydrogen-bond acceptors (Lipinski definition) is 7. The SMILES string of the molecule is Cc1cc(-c2nc(C(=O)Nc3cc4cn(C)nc4cc3N3CCC(CO[Si](C)(C)C(C)(C)C)CC3)co2)ccn1. The Hall–Kier alpha value is -3.50. The number of hydrogen-bond donors (Lipinski definition) is 1. The minimum absolute atomic E-state index is 0.209. The zero-order chi connectivity index (χ0) is 28.7. The number of carbonyl (C=O) groups is 1. The molecule has 0 bridgehead atoms. The monoisotopic (exact) mass is 560 g/mol. The molecule has 0 atom stereocenters. The van der Waals surface area contributed by atoms with Crippen LogP contribution in [0, 0.1) is 12.8 Å². The first-order valence-corrected chi connectivity index (χ1v) is 16.9. The lowest BCUT2D eigenvalue weighted by Gasteiger charge is -2.39. The number of aryl methyl sites for hydroxylation is 2. The molecule has 1 aromatic carbocycles. The molecular weight excluding hydrogens is 520 g/mol. The van der Waals surface area contributed by atoms with Gasteiger partial charge in [0.15, 0.2) is 14.0 Å². The van der Waals surface area contributed by atoms with E-state index in [9.17, 15) is 4.79 Å². The maximum Gasteiger partial charge on any atom is 0.277 e. The summed E-state index contributed by atoms with van der Waals surface area (Å²) in [5.41, 5.74) is 4.47. The second-order valence-electron chi connectivity index (χ2n) is 12.4. The van der Waals surface area contributed by atoms with E-state index in [1.54, 1.807) is 10.9 Å². The molecule has 0 aliphatic carbocycles. The molecule has 0 saturated carbocycles. The molecule has 4 aromatic rings. The Balaban J connectivity index is 1.32. The van der Waals surface area contributed by atoms with Gasteiger partial charge in [-0.3, -0.25) is 14.5 Å². The van der Waals surface area contributed by atoms with Gasteiger partial charge in [0, 0.05) is 55.8 Å². The summed E-state index contributed by atoms with van der Waals surface area (Å²) in [6, 6.07) is 7.76. The summed E-state index contributed by atoms with van der Waals surface area (Å²) in [5, 5.41) is 8.89. The van der Waals surface area contributed by atoms with E-state index in [1.165, 1.54) is 6.26 Å². The van der Waals surface area contributed by atoms with Crippen molar-refractivity contribution in [2.24, 2.45) is 13.0 Å². The number of rotatable bonds is 7. The molecule has 1 aliphatic rings. The fourth-order valence-corrected chi connectivity index (χ4v) is 5.89. The molecule has 10 heteroatoms. The lowest BCUT2D eigenvalue weighted by Crippen LogP contribution is -2.43. The first kappa shape index (κ1) is 28.0. The topological polar surface area (TPSA) is 98.3 Å². The van der Waals surface area contributed by atoms with Crippen LogP contribution >= 0.6 is 0 Å². The van der Waals surface area contributed by atoms with Crippen molar-refractivity contribution in [3.8, 4) is 11.5 Å². The Labute approximate surface area is 237 Å². The zero-order valence-corrected chi connectivity index (χ0v) is 25.6. The number of oxazole rings is 1. The molecule has 0 unspecified atom stereocenters. The molecular formula is C30H40N6O3Si. The molecule has 212 valence electrons. The van der Waals surface area contributed by atoms with Crippen LogP contribution in [-0.2, 0) is 11.5 Å². The number of nitrogens with zero attached hydrogens (tertiary/aromatic N) is 5. The molecule has 3 aromatic heterocycles. The van der Waals surface area contributed by atoms with E-state index in [0.29, 0.717) is 11.8 Å². The van der Waals surface area contributed by atoms with Gasteiger partial charge in [-0.25, -0.2) is 4.98 Å². The van der Waals surface area contributed by atoms with Crippen LogP contribution < -0.4 is 10.2 Å². The van der Waals surface area contributed by atoms with E-state index in [4.69, 9.17) is 8.84 Å². The van der Waals surface area contributed by atoms with Crippen molar-refractivity contribution < 1.29 is 13.6 Å². The van der Waals surface area contributed by atoms with Gasteiger partial charge in [0.1, 0.15) is 6.26 Å². The van der Waals surface area contributed by atoms with Gasteiger partial charge in [-0.1, -0.05) is 20.8 Å². The summed E-state index contributed by atoms with van der Waals surface area (Å²) in [7, 11) is 0.137. The summed E-state index contributed by atoms with van der Waals surface area (Å²) in [5.74, 6) is 0.607. The standard InChI is InChI=1S/C30H40N6O3Si/c1-20-14-22(8-11-31-20)29-33-26(19-38-29)28(37)32-25-15-23-17-35(5)34-24(23)16-27(25)36-12-9-21(10-13-36)18-39-40(6,7)30(2,3)4/h8,11,14-17,19,21H,9-10,12-13,18H2,1-7H3,(H,32,37). The average molecular weight is 561 g/mol. The van der Waals surface area contributed by atoms with Gasteiger partial charge in [0.25, 0.3) is 5.91 Å². The van der Waals surface area contributed by atoms with Crippen LogP contribution in [0.2, 0.25) is 18.1 Å². The molecule has 1 saturated heterocycles. The van der Waals surface area contributed by atoms with Crippen LogP contribution in [0.25, 0.3) is 22.4 Å². The van der Waals surface area contributed by atoms with E-state index in [0.717, 1.165) is 66.1 Å². The number of nitrogens with one attached hydrogen (secondary N) is 1. The number of anilines is 2. The minimum atomic E-state index is -1.77. The summed E-state index contributed by atoms with van der Waals surface area (Å²) in [6.45, 7) is 16.0. The number of carbonyl (C=O) groups excluding carboxylic acids is 1. The fraction of sp³-hybridized carbons (Fsp3) is 0.467. The summed E-state index contributed by atoms with van der Waals surface area (Å²) in [6.07, 6.45) is 7.14. The average Bonchev–Trinajstić information content (AvgIpc) is 3.53. The predicted octanol–water partition coefficient (Wildman–Crippen LogP) is 6.42. The van der Waals surface area contributed by atoms with Crippen LogP contribution in [0.3, 0.4) is 0 Å². The molecule has 1 amide bonds. The molecule has 5 rings (SSSR count). The third kappa shape index (κ3) is 5.97. The van der Waals surface area contributed by atoms with Gasteiger partial charge < -0.3 is 19.1 Å². The van der Waals surface area contributed by atoms with Crippen LogP contribution in [0.5, 0.6) is 0 Å². The van der Waals surface area contributed by atoms with E-state index < -0.39 is 8.32 Å². The van der Waals surface area contributed by atoms with Crippen LogP contribution in [0.15, 0.2) is 47.3 Å². The zero-order valence-electron chi connectivity index (χ0n) is 24.6. The van der Waals surface area contributed by atoms with Gasteiger partial charge in [0.05, 0.1) is 16.9 Å². The Morgan fingerprint density at radius 3 is 2.65 bits per heavy atom. The summed E-state index contributed by atoms with van der Waals surface area (Å²) in [4.78, 5) is 24.3. The third-order valence-corrected chi connectivity index (χ3v) is 12.8. The number of fused-ring (bicyclic) bond motifs is 1. The Kier molecular flexibility index (Phi) is 7.58. The van der Waals surface area contributed by atoms with E-state index >= 15 is 0 Å². The number of amides is 1. The maximum atomic E-state index is 13.3. The van der Waals surface area contributed by atoms with Crippen molar-refractivity contribution in [3.05, 3.63) is 54.3 Å². The Morgan fingerprint density at radius 1 is 1.20 bits per heavy atom. The van der Waals surface area contributed by atoms with Crippen molar-refractivity contribution in [1.82, 2.24) is 19.7 Å². The highest BCUT2D eigenvalue weighted by Gasteiger charge is 2.38. The molecule has 1 aliphatic heterocycles. The fourth-order valence-electron chi connectivity index (χ4n) is 4.80. The van der Waals surface area contributed by atoms with Gasteiger partial charge in [0.2, 0.25) is 5.89 Å². The maximum absolute atomic E-state index is 13.3. The summed E-state index contributed by atoms with van der Waals surface area (Å²) >= 11 is 0. The largest absolute Gasteiger partial charge is 0.444 e. The Bertz CT molecular complexity index is 1510. The van der Waals surface area contributed by atoms with Gasteiger partial charge in [-0.2, -0.15) is 5.10 Å². The quantitative estimate of drug-likeness (QED) is 0.260. The van der Waals surface area contributed by atoms with Crippen molar-refractivity contribution in [1.29, 1.82) is 0 Å². The third-order valence-electron chi connectivity index (χ3n) is 8.31. The van der Waals surface area contributed by atoms with E-state index in [2.05, 4.69) is 65.2 Å². The number of pyridine rings is 1. The van der Waals surface area contributed by atoms with Crippen molar-refractivity contribution in [2.45, 2.75) is 58.7 Å². The van der Waals surface area contributed by atoms with Gasteiger partial charge >= 0.3 is 0 Å². The molecule has 9 nitrogen and oxygen atoms in total. The Morgan fingerprint density at radius 2 is 1.95 bits per heavy atom. The number of aromatic nitrogens is 4. The minimum Gasteiger partial charge on any atom is -0.444 e.